The Hall–Kier alpha value is -3.20. The number of hydrogen-bond donors (Lipinski definition) is 1. The summed E-state index contributed by atoms with van der Waals surface area (Å²) in [6.45, 7) is 5.03. The van der Waals surface area contributed by atoms with Crippen LogP contribution in [0.5, 0.6) is 0 Å². The quantitative estimate of drug-likeness (QED) is 0.690. The second-order valence-electron chi connectivity index (χ2n) is 6.86. The minimum atomic E-state index is -3.67. The Bertz CT molecular complexity index is 1070. The Balaban J connectivity index is 1.40. The van der Waals surface area contributed by atoms with Gasteiger partial charge in [-0.25, -0.2) is 23.4 Å². The summed E-state index contributed by atoms with van der Waals surface area (Å²) < 4.78 is 27.6. The van der Waals surface area contributed by atoms with Crippen molar-refractivity contribution in [3.63, 3.8) is 0 Å². The molecule has 1 aliphatic rings. The van der Waals surface area contributed by atoms with Gasteiger partial charge in [0, 0.05) is 32.4 Å². The lowest BCUT2D eigenvalue weighted by atomic mass is 10.2. The minimum absolute atomic E-state index is 0.215. The van der Waals surface area contributed by atoms with Crippen molar-refractivity contribution in [2.75, 3.05) is 40.7 Å². The Morgan fingerprint density at radius 3 is 2.28 bits per heavy atom. The van der Waals surface area contributed by atoms with E-state index in [-0.39, 0.29) is 4.90 Å². The van der Waals surface area contributed by atoms with Gasteiger partial charge >= 0.3 is 0 Å². The average molecular weight is 411 g/mol. The van der Waals surface area contributed by atoms with Crippen molar-refractivity contribution < 1.29 is 8.42 Å². The highest BCUT2D eigenvalue weighted by Gasteiger charge is 2.20. The fraction of sp³-hybridized carbons (Fsp3) is 0.250. The number of rotatable bonds is 5. The van der Waals surface area contributed by atoms with Crippen LogP contribution in [0.4, 0.5) is 17.5 Å². The zero-order chi connectivity index (χ0) is 20.3. The van der Waals surface area contributed by atoms with E-state index in [1.807, 2.05) is 31.2 Å². The third-order valence-electron chi connectivity index (χ3n) is 4.73. The van der Waals surface area contributed by atoms with E-state index in [0.717, 1.165) is 37.6 Å². The van der Waals surface area contributed by atoms with Crippen LogP contribution in [0.1, 0.15) is 5.56 Å². The first-order chi connectivity index (χ1) is 14.0. The molecule has 4 rings (SSSR count). The predicted octanol–water partition coefficient (Wildman–Crippen LogP) is 2.31. The van der Waals surface area contributed by atoms with E-state index in [1.54, 1.807) is 24.4 Å². The molecule has 1 aromatic carbocycles. The maximum Gasteiger partial charge on any atom is 0.262 e. The first-order valence-electron chi connectivity index (χ1n) is 9.34. The van der Waals surface area contributed by atoms with Crippen LogP contribution < -0.4 is 14.5 Å². The summed E-state index contributed by atoms with van der Waals surface area (Å²) in [6.07, 6.45) is 4.79. The topological polar surface area (TPSA) is 91.3 Å². The van der Waals surface area contributed by atoms with Crippen LogP contribution in [0.15, 0.2) is 66.0 Å². The molecule has 3 heterocycles. The van der Waals surface area contributed by atoms with Crippen LogP contribution in [0.3, 0.4) is 0 Å². The number of nitrogens with one attached hydrogen (secondary N) is 1. The molecule has 0 unspecified atom stereocenters. The summed E-state index contributed by atoms with van der Waals surface area (Å²) in [5.41, 5.74) is 1.21. The molecule has 3 aromatic rings. The highest BCUT2D eigenvalue weighted by molar-refractivity contribution is 7.92. The lowest BCUT2D eigenvalue weighted by molar-refractivity contribution is 0.601. The number of aromatic nitrogens is 3. The van der Waals surface area contributed by atoms with Gasteiger partial charge in [0.25, 0.3) is 10.0 Å². The lowest BCUT2D eigenvalue weighted by Gasteiger charge is -2.35. The molecule has 1 saturated heterocycles. The standard InChI is InChI=1S/C20H22N6O2S/c1-16-5-4-6-18(13-16)29(27,28)24-17-14-22-20(23-15-17)26-11-9-25(10-12-26)19-7-2-3-8-21-19/h2-8,13-15,24H,9-12H2,1H3. The van der Waals surface area contributed by atoms with E-state index < -0.39 is 10.0 Å². The van der Waals surface area contributed by atoms with Crippen molar-refractivity contribution in [2.45, 2.75) is 11.8 Å². The molecule has 0 aliphatic carbocycles. The van der Waals surface area contributed by atoms with Crippen LogP contribution >= 0.6 is 0 Å². The van der Waals surface area contributed by atoms with Crippen LogP contribution in [-0.4, -0.2) is 49.5 Å². The number of benzene rings is 1. The molecule has 9 heteroatoms. The van der Waals surface area contributed by atoms with Gasteiger partial charge < -0.3 is 9.80 Å². The molecule has 1 fully saturated rings. The number of anilines is 3. The number of nitrogens with zero attached hydrogens (tertiary/aromatic N) is 5. The largest absolute Gasteiger partial charge is 0.353 e. The molecule has 2 aromatic heterocycles. The summed E-state index contributed by atoms with van der Waals surface area (Å²) in [7, 11) is -3.67. The molecule has 150 valence electrons. The first-order valence-corrected chi connectivity index (χ1v) is 10.8. The number of aryl methyl sites for hydroxylation is 1. The van der Waals surface area contributed by atoms with Crippen molar-refractivity contribution in [1.29, 1.82) is 0 Å². The molecule has 0 spiro atoms. The lowest BCUT2D eigenvalue weighted by Crippen LogP contribution is -2.47. The van der Waals surface area contributed by atoms with E-state index in [2.05, 4.69) is 29.5 Å². The zero-order valence-electron chi connectivity index (χ0n) is 16.1. The summed E-state index contributed by atoms with van der Waals surface area (Å²) in [5, 5.41) is 0. The zero-order valence-corrected chi connectivity index (χ0v) is 16.9. The van der Waals surface area contributed by atoms with Crippen molar-refractivity contribution >= 4 is 27.5 Å². The van der Waals surface area contributed by atoms with Crippen LogP contribution in [0.2, 0.25) is 0 Å². The van der Waals surface area contributed by atoms with Gasteiger partial charge in [0.15, 0.2) is 0 Å². The number of hydrogen-bond acceptors (Lipinski definition) is 7. The van der Waals surface area contributed by atoms with Gasteiger partial charge in [-0.3, -0.25) is 4.72 Å². The number of sulfonamides is 1. The third-order valence-corrected chi connectivity index (χ3v) is 6.11. The summed E-state index contributed by atoms with van der Waals surface area (Å²) in [4.78, 5) is 17.6. The molecule has 0 amide bonds. The molecule has 1 N–H and O–H groups in total. The van der Waals surface area contributed by atoms with Gasteiger partial charge in [-0.1, -0.05) is 18.2 Å². The summed E-state index contributed by atoms with van der Waals surface area (Å²) in [5.74, 6) is 1.55. The third kappa shape index (κ3) is 4.45. The fourth-order valence-electron chi connectivity index (χ4n) is 3.21. The maximum absolute atomic E-state index is 12.5. The van der Waals surface area contributed by atoms with E-state index in [9.17, 15) is 8.42 Å². The molecule has 0 atom stereocenters. The summed E-state index contributed by atoms with van der Waals surface area (Å²) in [6, 6.07) is 12.6. The Labute approximate surface area is 170 Å². The smallest absolute Gasteiger partial charge is 0.262 e. The maximum atomic E-state index is 12.5. The fourth-order valence-corrected chi connectivity index (χ4v) is 4.34. The van der Waals surface area contributed by atoms with Gasteiger partial charge in [0.2, 0.25) is 5.95 Å². The molecular formula is C20H22N6O2S. The van der Waals surface area contributed by atoms with Crippen LogP contribution in [0.25, 0.3) is 0 Å². The molecule has 29 heavy (non-hydrogen) atoms. The highest BCUT2D eigenvalue weighted by atomic mass is 32.2. The van der Waals surface area contributed by atoms with Gasteiger partial charge in [0.1, 0.15) is 5.82 Å². The Morgan fingerprint density at radius 2 is 1.62 bits per heavy atom. The predicted molar refractivity (Wildman–Crippen MR) is 113 cm³/mol. The van der Waals surface area contributed by atoms with Gasteiger partial charge in [-0.2, -0.15) is 0 Å². The first kappa shape index (κ1) is 19.1. The van der Waals surface area contributed by atoms with E-state index in [1.165, 1.54) is 12.4 Å². The van der Waals surface area contributed by atoms with Crippen molar-refractivity contribution in [2.24, 2.45) is 0 Å². The monoisotopic (exact) mass is 410 g/mol. The van der Waals surface area contributed by atoms with Gasteiger partial charge in [0.05, 0.1) is 23.0 Å². The van der Waals surface area contributed by atoms with Crippen molar-refractivity contribution in [3.05, 3.63) is 66.6 Å². The van der Waals surface area contributed by atoms with E-state index in [4.69, 9.17) is 0 Å². The molecule has 8 nitrogen and oxygen atoms in total. The molecule has 1 aliphatic heterocycles. The van der Waals surface area contributed by atoms with Crippen molar-refractivity contribution in [3.8, 4) is 0 Å². The normalized spacial score (nSPS) is 14.7. The Morgan fingerprint density at radius 1 is 0.897 bits per heavy atom. The second kappa shape index (κ2) is 8.04. The van der Waals surface area contributed by atoms with Crippen LogP contribution in [0, 0.1) is 6.92 Å². The second-order valence-corrected chi connectivity index (χ2v) is 8.54. The molecular weight excluding hydrogens is 388 g/mol. The SMILES string of the molecule is Cc1cccc(S(=O)(=O)Nc2cnc(N3CCN(c4ccccn4)CC3)nc2)c1. The number of pyridine rings is 1. The number of piperazine rings is 1. The van der Waals surface area contributed by atoms with Gasteiger partial charge in [-0.15, -0.1) is 0 Å². The van der Waals surface area contributed by atoms with Gasteiger partial charge in [-0.05, 0) is 36.8 Å². The van der Waals surface area contributed by atoms with Crippen molar-refractivity contribution in [1.82, 2.24) is 15.0 Å². The minimum Gasteiger partial charge on any atom is -0.353 e. The highest BCUT2D eigenvalue weighted by Crippen LogP contribution is 2.19. The van der Waals surface area contributed by atoms with Crippen LogP contribution in [-0.2, 0) is 10.0 Å². The average Bonchev–Trinajstić information content (AvgIpc) is 2.75. The summed E-state index contributed by atoms with van der Waals surface area (Å²) >= 11 is 0. The van der Waals surface area contributed by atoms with E-state index >= 15 is 0 Å². The molecule has 0 saturated carbocycles. The molecule has 0 radical (unpaired) electrons. The van der Waals surface area contributed by atoms with E-state index in [0.29, 0.717) is 11.6 Å². The Kier molecular flexibility index (Phi) is 5.30. The molecule has 0 bridgehead atoms.